The summed E-state index contributed by atoms with van der Waals surface area (Å²) in [5.41, 5.74) is 1.25. The highest BCUT2D eigenvalue weighted by Gasteiger charge is 2.18. The van der Waals surface area contributed by atoms with Crippen LogP contribution in [0.3, 0.4) is 0 Å². The maximum atomic E-state index is 11.9. The number of rotatable bonds is 4. The van der Waals surface area contributed by atoms with Crippen molar-refractivity contribution in [2.75, 3.05) is 24.5 Å². The monoisotopic (exact) mass is 364 g/mol. The van der Waals surface area contributed by atoms with Gasteiger partial charge in [-0.05, 0) is 36.8 Å². The Morgan fingerprint density at radius 3 is 2.83 bits per heavy atom. The van der Waals surface area contributed by atoms with Gasteiger partial charge in [-0.15, -0.1) is 11.3 Å². The first-order valence-electron chi connectivity index (χ1n) is 7.29. The number of methoxy groups -OCH3 is 1. The third kappa shape index (κ3) is 3.44. The maximum Gasteiger partial charge on any atom is 0.340 e. The van der Waals surface area contributed by atoms with Gasteiger partial charge in [-0.1, -0.05) is 6.92 Å². The van der Waals surface area contributed by atoms with Gasteiger partial charge in [0.25, 0.3) is 0 Å². The van der Waals surface area contributed by atoms with Crippen LogP contribution >= 0.6 is 23.6 Å². The van der Waals surface area contributed by atoms with Crippen molar-refractivity contribution in [2.24, 2.45) is 0 Å². The second-order valence-corrected chi connectivity index (χ2v) is 6.49. The average Bonchev–Trinajstić information content (AvgIpc) is 3.20. The molecule has 0 saturated heterocycles. The van der Waals surface area contributed by atoms with Crippen LogP contribution in [0, 0.1) is 0 Å². The number of carbonyl (C=O) groups is 1. The summed E-state index contributed by atoms with van der Waals surface area (Å²) in [4.78, 5) is 13.0. The molecule has 0 amide bonds. The van der Waals surface area contributed by atoms with Crippen LogP contribution in [0.4, 0.5) is 10.7 Å². The molecule has 0 fully saturated rings. The lowest BCUT2D eigenvalue weighted by Gasteiger charge is -2.10. The van der Waals surface area contributed by atoms with Gasteiger partial charge in [0, 0.05) is 16.6 Å². The van der Waals surface area contributed by atoms with Crippen molar-refractivity contribution < 1.29 is 19.0 Å². The first-order valence-corrected chi connectivity index (χ1v) is 8.52. The van der Waals surface area contributed by atoms with E-state index in [-0.39, 0.29) is 12.8 Å². The van der Waals surface area contributed by atoms with E-state index in [1.54, 1.807) is 0 Å². The van der Waals surface area contributed by atoms with Crippen molar-refractivity contribution in [1.29, 1.82) is 0 Å². The minimum Gasteiger partial charge on any atom is -0.465 e. The summed E-state index contributed by atoms with van der Waals surface area (Å²) in [7, 11) is 1.36. The summed E-state index contributed by atoms with van der Waals surface area (Å²) in [5.74, 6) is 0.986. The fraction of sp³-hybridized carbons (Fsp3) is 0.250. The van der Waals surface area contributed by atoms with Gasteiger partial charge < -0.3 is 24.8 Å². The first kappa shape index (κ1) is 16.5. The van der Waals surface area contributed by atoms with E-state index in [9.17, 15) is 4.79 Å². The average molecular weight is 364 g/mol. The molecule has 0 bridgehead atoms. The van der Waals surface area contributed by atoms with Crippen LogP contribution in [-0.2, 0) is 11.2 Å². The predicted molar refractivity (Wildman–Crippen MR) is 97.4 cm³/mol. The van der Waals surface area contributed by atoms with Crippen molar-refractivity contribution in [3.63, 3.8) is 0 Å². The van der Waals surface area contributed by atoms with Gasteiger partial charge in [0.05, 0.1) is 12.7 Å². The smallest absolute Gasteiger partial charge is 0.340 e. The summed E-state index contributed by atoms with van der Waals surface area (Å²) in [6.45, 7) is 2.25. The fourth-order valence-corrected chi connectivity index (χ4v) is 3.48. The number of ether oxygens (including phenoxy) is 3. The molecule has 2 aromatic rings. The summed E-state index contributed by atoms with van der Waals surface area (Å²) < 4.78 is 15.4. The molecule has 8 heteroatoms. The molecule has 1 aromatic carbocycles. The number of benzene rings is 1. The van der Waals surface area contributed by atoms with Gasteiger partial charge in [0.2, 0.25) is 6.79 Å². The predicted octanol–water partition coefficient (Wildman–Crippen LogP) is 3.63. The summed E-state index contributed by atoms with van der Waals surface area (Å²) >= 11 is 6.81. The molecule has 6 nitrogen and oxygen atoms in total. The molecule has 1 aliphatic heterocycles. The molecule has 3 rings (SSSR count). The fourth-order valence-electron chi connectivity index (χ4n) is 2.21. The number of thiophene rings is 1. The van der Waals surface area contributed by atoms with E-state index >= 15 is 0 Å². The SMILES string of the molecule is CCc1cc(C(=O)OC)c(NC(=S)Nc2ccc3c(c2)OCO3)s1. The molecule has 0 unspecified atom stereocenters. The van der Waals surface area contributed by atoms with Gasteiger partial charge in [-0.3, -0.25) is 0 Å². The Morgan fingerprint density at radius 1 is 1.29 bits per heavy atom. The Labute approximate surface area is 148 Å². The van der Waals surface area contributed by atoms with E-state index in [0.29, 0.717) is 27.2 Å². The highest BCUT2D eigenvalue weighted by molar-refractivity contribution is 7.80. The van der Waals surface area contributed by atoms with E-state index in [4.69, 9.17) is 26.4 Å². The third-order valence-corrected chi connectivity index (χ3v) is 4.79. The lowest BCUT2D eigenvalue weighted by Crippen LogP contribution is -2.19. The van der Waals surface area contributed by atoms with Gasteiger partial charge in [-0.25, -0.2) is 4.79 Å². The topological polar surface area (TPSA) is 68.8 Å². The number of carbonyl (C=O) groups excluding carboxylic acids is 1. The van der Waals surface area contributed by atoms with Crippen molar-refractivity contribution in [3.8, 4) is 11.5 Å². The largest absolute Gasteiger partial charge is 0.465 e. The lowest BCUT2D eigenvalue weighted by molar-refractivity contribution is 0.0602. The number of aryl methyl sites for hydroxylation is 1. The summed E-state index contributed by atoms with van der Waals surface area (Å²) in [6.07, 6.45) is 0.832. The van der Waals surface area contributed by atoms with Gasteiger partial charge in [0.1, 0.15) is 5.00 Å². The van der Waals surface area contributed by atoms with E-state index in [2.05, 4.69) is 10.6 Å². The first-order chi connectivity index (χ1) is 11.6. The second kappa shape index (κ2) is 7.06. The van der Waals surface area contributed by atoms with Crippen LogP contribution in [0.1, 0.15) is 22.2 Å². The van der Waals surface area contributed by atoms with Crippen LogP contribution in [0.15, 0.2) is 24.3 Å². The summed E-state index contributed by atoms with van der Waals surface area (Å²) in [6, 6.07) is 7.29. The van der Waals surface area contributed by atoms with Crippen molar-refractivity contribution in [3.05, 3.63) is 34.7 Å². The number of thiocarbonyl (C=S) groups is 1. The molecule has 0 atom stereocenters. The minimum atomic E-state index is -0.390. The second-order valence-electron chi connectivity index (χ2n) is 4.95. The zero-order valence-corrected chi connectivity index (χ0v) is 14.8. The zero-order chi connectivity index (χ0) is 17.1. The van der Waals surface area contributed by atoms with Crippen molar-refractivity contribution in [1.82, 2.24) is 0 Å². The Bertz CT molecular complexity index is 788. The number of esters is 1. The van der Waals surface area contributed by atoms with Crippen LogP contribution in [-0.4, -0.2) is 25.0 Å². The number of nitrogens with one attached hydrogen (secondary N) is 2. The molecule has 126 valence electrons. The molecule has 1 aliphatic rings. The normalized spacial score (nSPS) is 11.9. The molecule has 0 spiro atoms. The van der Waals surface area contributed by atoms with Crippen LogP contribution < -0.4 is 20.1 Å². The Balaban J connectivity index is 1.73. The van der Waals surface area contributed by atoms with Crippen LogP contribution in [0.25, 0.3) is 0 Å². The Kier molecular flexibility index (Phi) is 4.86. The molecular formula is C16H16N2O4S2. The Morgan fingerprint density at radius 2 is 2.08 bits per heavy atom. The van der Waals surface area contributed by atoms with Gasteiger partial charge in [0.15, 0.2) is 16.6 Å². The highest BCUT2D eigenvalue weighted by atomic mass is 32.1. The van der Waals surface area contributed by atoms with Gasteiger partial charge >= 0.3 is 5.97 Å². The number of anilines is 2. The standard InChI is InChI=1S/C16H16N2O4S2/c1-3-10-7-11(15(19)20-2)14(24-10)18-16(23)17-9-4-5-12-13(6-9)22-8-21-12/h4-7H,3,8H2,1-2H3,(H2,17,18,23). The molecule has 24 heavy (non-hydrogen) atoms. The minimum absolute atomic E-state index is 0.221. The van der Waals surface area contributed by atoms with Crippen molar-refractivity contribution in [2.45, 2.75) is 13.3 Å². The highest BCUT2D eigenvalue weighted by Crippen LogP contribution is 2.34. The number of hydrogen-bond donors (Lipinski definition) is 2. The van der Waals surface area contributed by atoms with Gasteiger partial charge in [-0.2, -0.15) is 0 Å². The molecule has 2 N–H and O–H groups in total. The van der Waals surface area contributed by atoms with E-state index in [1.807, 2.05) is 31.2 Å². The third-order valence-electron chi connectivity index (χ3n) is 3.39. The molecule has 0 radical (unpaired) electrons. The van der Waals surface area contributed by atoms with E-state index in [1.165, 1.54) is 18.4 Å². The van der Waals surface area contributed by atoms with Crippen molar-refractivity contribution >= 4 is 45.3 Å². The molecule has 0 saturated carbocycles. The molecule has 2 heterocycles. The van der Waals surface area contributed by atoms with Crippen LogP contribution in [0.2, 0.25) is 0 Å². The maximum absolute atomic E-state index is 11.9. The molecule has 1 aromatic heterocycles. The van der Waals surface area contributed by atoms with E-state index < -0.39 is 0 Å². The van der Waals surface area contributed by atoms with E-state index in [0.717, 1.165) is 17.0 Å². The number of fused-ring (bicyclic) bond motifs is 1. The quantitative estimate of drug-likeness (QED) is 0.634. The molecular weight excluding hydrogens is 348 g/mol. The zero-order valence-electron chi connectivity index (χ0n) is 13.2. The molecule has 0 aliphatic carbocycles. The summed E-state index contributed by atoms with van der Waals surface area (Å²) in [5, 5.41) is 7.18. The number of hydrogen-bond acceptors (Lipinski definition) is 6. The lowest BCUT2D eigenvalue weighted by atomic mass is 10.2. The van der Waals surface area contributed by atoms with Crippen LogP contribution in [0.5, 0.6) is 11.5 Å². The Hall–Kier alpha value is -2.32.